The van der Waals surface area contributed by atoms with Crippen molar-refractivity contribution in [1.29, 1.82) is 0 Å². The molecular weight excluding hydrogens is 322 g/mol. The second-order valence-electron chi connectivity index (χ2n) is 5.17. The summed E-state index contributed by atoms with van der Waals surface area (Å²) in [5.74, 6) is 1.45. The second-order valence-corrected chi connectivity index (χ2v) is 6.49. The Hall–Kier alpha value is -2.15. The number of ether oxygens (including phenoxy) is 1. The van der Waals surface area contributed by atoms with Crippen LogP contribution in [0.3, 0.4) is 0 Å². The van der Waals surface area contributed by atoms with Gasteiger partial charge in [-0.3, -0.25) is 0 Å². The molecule has 7 heteroatoms. The molecule has 0 saturated heterocycles. The molecule has 24 heavy (non-hydrogen) atoms. The zero-order valence-electron chi connectivity index (χ0n) is 14.5. The number of nitrogens with zero attached hydrogens (tertiary/aromatic N) is 3. The van der Waals surface area contributed by atoms with Crippen molar-refractivity contribution >= 4 is 17.3 Å². The first-order valence-electron chi connectivity index (χ1n) is 8.22. The standard InChI is InChI=1S/C17H25N5OS/c1-4-18-17(20-9-7-16-21-11-13(3)24-16)22-12-14-6-8-19-15(10-14)23-5-2/h6,8,10-11H,4-5,7,9,12H2,1-3H3,(H2,18,20,22). The second kappa shape index (κ2) is 9.87. The normalized spacial score (nSPS) is 11.4. The summed E-state index contributed by atoms with van der Waals surface area (Å²) < 4.78 is 5.42. The lowest BCUT2D eigenvalue weighted by molar-refractivity contribution is 0.326. The summed E-state index contributed by atoms with van der Waals surface area (Å²) in [6.45, 7) is 8.90. The fourth-order valence-electron chi connectivity index (χ4n) is 2.09. The van der Waals surface area contributed by atoms with Gasteiger partial charge >= 0.3 is 0 Å². The van der Waals surface area contributed by atoms with Gasteiger partial charge in [0, 0.05) is 42.8 Å². The molecule has 0 radical (unpaired) electrons. The summed E-state index contributed by atoms with van der Waals surface area (Å²) in [6, 6.07) is 3.88. The maximum Gasteiger partial charge on any atom is 0.213 e. The number of thiazole rings is 1. The Labute approximate surface area is 147 Å². The van der Waals surface area contributed by atoms with Crippen LogP contribution in [0.1, 0.15) is 29.3 Å². The molecule has 2 rings (SSSR count). The average molecular weight is 347 g/mol. The lowest BCUT2D eigenvalue weighted by Gasteiger charge is -2.11. The van der Waals surface area contributed by atoms with Crippen molar-refractivity contribution in [2.45, 2.75) is 33.7 Å². The molecule has 2 aromatic heterocycles. The van der Waals surface area contributed by atoms with E-state index < -0.39 is 0 Å². The van der Waals surface area contributed by atoms with Crippen LogP contribution < -0.4 is 15.4 Å². The summed E-state index contributed by atoms with van der Waals surface area (Å²) in [5.41, 5.74) is 1.07. The molecule has 6 nitrogen and oxygen atoms in total. The SMILES string of the molecule is CCNC(=NCc1ccnc(OCC)c1)NCCc1ncc(C)s1. The molecule has 0 aromatic carbocycles. The molecule has 0 atom stereocenters. The lowest BCUT2D eigenvalue weighted by atomic mass is 10.3. The number of nitrogens with one attached hydrogen (secondary N) is 2. The maximum atomic E-state index is 5.42. The number of aryl methyl sites for hydroxylation is 1. The Bertz CT molecular complexity index is 656. The lowest BCUT2D eigenvalue weighted by Crippen LogP contribution is -2.38. The van der Waals surface area contributed by atoms with Gasteiger partial charge in [-0.25, -0.2) is 15.0 Å². The minimum atomic E-state index is 0.578. The van der Waals surface area contributed by atoms with Crippen molar-refractivity contribution in [2.24, 2.45) is 4.99 Å². The first-order valence-corrected chi connectivity index (χ1v) is 9.04. The highest BCUT2D eigenvalue weighted by atomic mass is 32.1. The van der Waals surface area contributed by atoms with Gasteiger partial charge in [-0.2, -0.15) is 0 Å². The van der Waals surface area contributed by atoms with Gasteiger partial charge in [-0.15, -0.1) is 11.3 Å². The molecule has 0 spiro atoms. The molecule has 0 unspecified atom stereocenters. The number of pyridine rings is 1. The predicted octanol–water partition coefficient (Wildman–Crippen LogP) is 2.54. The van der Waals surface area contributed by atoms with Gasteiger partial charge in [0.15, 0.2) is 5.96 Å². The van der Waals surface area contributed by atoms with E-state index in [4.69, 9.17) is 4.74 Å². The highest BCUT2D eigenvalue weighted by Gasteiger charge is 2.02. The zero-order valence-corrected chi connectivity index (χ0v) is 15.3. The maximum absolute atomic E-state index is 5.42. The largest absolute Gasteiger partial charge is 0.478 e. The van der Waals surface area contributed by atoms with Gasteiger partial charge in [0.1, 0.15) is 0 Å². The highest BCUT2D eigenvalue weighted by molar-refractivity contribution is 7.11. The van der Waals surface area contributed by atoms with Crippen LogP contribution in [0, 0.1) is 6.92 Å². The number of hydrogen-bond acceptors (Lipinski definition) is 5. The third-order valence-corrected chi connectivity index (χ3v) is 4.13. The average Bonchev–Trinajstić information content (AvgIpc) is 2.99. The Morgan fingerprint density at radius 2 is 2.17 bits per heavy atom. The Balaban J connectivity index is 1.88. The topological polar surface area (TPSA) is 71.4 Å². The predicted molar refractivity (Wildman–Crippen MR) is 98.8 cm³/mol. The van der Waals surface area contributed by atoms with Crippen LogP contribution in [0.15, 0.2) is 29.5 Å². The van der Waals surface area contributed by atoms with Crippen molar-refractivity contribution < 1.29 is 4.74 Å². The summed E-state index contributed by atoms with van der Waals surface area (Å²) in [5, 5.41) is 7.75. The van der Waals surface area contributed by atoms with Crippen LogP contribution in [0.25, 0.3) is 0 Å². The molecule has 2 N–H and O–H groups in total. The first-order chi connectivity index (χ1) is 11.7. The van der Waals surface area contributed by atoms with E-state index in [9.17, 15) is 0 Å². The van der Waals surface area contributed by atoms with E-state index in [-0.39, 0.29) is 0 Å². The van der Waals surface area contributed by atoms with Gasteiger partial charge in [-0.1, -0.05) is 0 Å². The van der Waals surface area contributed by atoms with Crippen LogP contribution in [-0.4, -0.2) is 35.6 Å². The fourth-order valence-corrected chi connectivity index (χ4v) is 2.88. The fraction of sp³-hybridized carbons (Fsp3) is 0.471. The smallest absolute Gasteiger partial charge is 0.213 e. The van der Waals surface area contributed by atoms with Crippen LogP contribution in [0.2, 0.25) is 0 Å². The first kappa shape index (κ1) is 18.2. The third-order valence-electron chi connectivity index (χ3n) is 3.16. The number of aliphatic imine (C=N–C) groups is 1. The van der Waals surface area contributed by atoms with E-state index in [0.717, 1.165) is 36.0 Å². The van der Waals surface area contributed by atoms with Gasteiger partial charge in [0.2, 0.25) is 5.88 Å². The molecule has 0 saturated carbocycles. The van der Waals surface area contributed by atoms with E-state index in [1.165, 1.54) is 4.88 Å². The molecule has 2 aromatic rings. The molecule has 0 bridgehead atoms. The Kier molecular flexibility index (Phi) is 7.48. The van der Waals surface area contributed by atoms with Crippen molar-refractivity contribution in [3.05, 3.63) is 40.0 Å². The highest BCUT2D eigenvalue weighted by Crippen LogP contribution is 2.11. The molecule has 0 amide bonds. The van der Waals surface area contributed by atoms with Crippen molar-refractivity contribution in [2.75, 3.05) is 19.7 Å². The van der Waals surface area contributed by atoms with Crippen LogP contribution in [-0.2, 0) is 13.0 Å². The summed E-state index contributed by atoms with van der Waals surface area (Å²) in [4.78, 5) is 14.4. The van der Waals surface area contributed by atoms with Gasteiger partial charge < -0.3 is 15.4 Å². The minimum absolute atomic E-state index is 0.578. The number of guanidine groups is 1. The minimum Gasteiger partial charge on any atom is -0.478 e. The van der Waals surface area contributed by atoms with E-state index in [1.54, 1.807) is 17.5 Å². The molecule has 2 heterocycles. The van der Waals surface area contributed by atoms with E-state index in [1.807, 2.05) is 25.3 Å². The Morgan fingerprint density at radius 3 is 2.88 bits per heavy atom. The van der Waals surface area contributed by atoms with Crippen molar-refractivity contribution in [1.82, 2.24) is 20.6 Å². The van der Waals surface area contributed by atoms with Crippen LogP contribution >= 0.6 is 11.3 Å². The number of aromatic nitrogens is 2. The third kappa shape index (κ3) is 6.16. The van der Waals surface area contributed by atoms with Crippen molar-refractivity contribution in [3.63, 3.8) is 0 Å². The number of hydrogen-bond donors (Lipinski definition) is 2. The molecule has 0 fully saturated rings. The van der Waals surface area contributed by atoms with E-state index >= 15 is 0 Å². The summed E-state index contributed by atoms with van der Waals surface area (Å²) in [7, 11) is 0. The van der Waals surface area contributed by atoms with E-state index in [0.29, 0.717) is 19.0 Å². The molecular formula is C17H25N5OS. The quantitative estimate of drug-likeness (QED) is 0.567. The van der Waals surface area contributed by atoms with Crippen molar-refractivity contribution in [3.8, 4) is 5.88 Å². The van der Waals surface area contributed by atoms with Crippen LogP contribution in [0.5, 0.6) is 5.88 Å². The monoisotopic (exact) mass is 347 g/mol. The van der Waals surface area contributed by atoms with Gasteiger partial charge in [0.05, 0.1) is 18.2 Å². The summed E-state index contributed by atoms with van der Waals surface area (Å²) in [6.07, 6.45) is 4.56. The molecule has 0 aliphatic carbocycles. The molecule has 130 valence electrons. The molecule has 0 aliphatic rings. The summed E-state index contributed by atoms with van der Waals surface area (Å²) >= 11 is 1.74. The zero-order chi connectivity index (χ0) is 17.2. The molecule has 0 aliphatic heterocycles. The number of rotatable bonds is 8. The van der Waals surface area contributed by atoms with Gasteiger partial charge in [-0.05, 0) is 32.4 Å². The van der Waals surface area contributed by atoms with E-state index in [2.05, 4.69) is 39.4 Å². The van der Waals surface area contributed by atoms with Gasteiger partial charge in [0.25, 0.3) is 0 Å². The Morgan fingerprint density at radius 1 is 1.29 bits per heavy atom. The van der Waals surface area contributed by atoms with Crippen LogP contribution in [0.4, 0.5) is 0 Å².